The SMILES string of the molecule is Cc1ccc(N(CC(=O)Nc2cccc3ccccc23)S(=O)(=O)c2ccc(C)cc2)cc1. The number of nitrogens with one attached hydrogen (secondary N) is 1. The van der Waals surface area contributed by atoms with Crippen molar-refractivity contribution in [1.29, 1.82) is 0 Å². The Bertz CT molecular complexity index is 1360. The second kappa shape index (κ2) is 8.85. The van der Waals surface area contributed by atoms with Crippen molar-refractivity contribution in [3.8, 4) is 0 Å². The van der Waals surface area contributed by atoms with Crippen molar-refractivity contribution >= 4 is 38.1 Å². The number of aryl methyl sites for hydroxylation is 2. The normalized spacial score (nSPS) is 11.3. The summed E-state index contributed by atoms with van der Waals surface area (Å²) >= 11 is 0. The Morgan fingerprint density at radius 2 is 1.38 bits per heavy atom. The third kappa shape index (κ3) is 4.50. The molecular formula is C26H24N2O3S. The van der Waals surface area contributed by atoms with Gasteiger partial charge in [-0.3, -0.25) is 9.10 Å². The van der Waals surface area contributed by atoms with Crippen LogP contribution in [0.25, 0.3) is 10.8 Å². The number of sulfonamides is 1. The molecule has 0 heterocycles. The zero-order chi connectivity index (χ0) is 22.7. The third-order valence-corrected chi connectivity index (χ3v) is 7.07. The minimum atomic E-state index is -3.94. The Balaban J connectivity index is 1.68. The summed E-state index contributed by atoms with van der Waals surface area (Å²) in [5.41, 5.74) is 3.04. The monoisotopic (exact) mass is 444 g/mol. The molecule has 32 heavy (non-hydrogen) atoms. The van der Waals surface area contributed by atoms with Crippen molar-refractivity contribution in [1.82, 2.24) is 0 Å². The highest BCUT2D eigenvalue weighted by atomic mass is 32.2. The number of carbonyl (C=O) groups excluding carboxylic acids is 1. The lowest BCUT2D eigenvalue weighted by molar-refractivity contribution is -0.114. The summed E-state index contributed by atoms with van der Waals surface area (Å²) in [5, 5.41) is 4.77. The van der Waals surface area contributed by atoms with Crippen LogP contribution in [0.5, 0.6) is 0 Å². The molecule has 1 amide bonds. The maximum absolute atomic E-state index is 13.5. The zero-order valence-corrected chi connectivity index (χ0v) is 18.8. The fourth-order valence-corrected chi connectivity index (χ4v) is 4.94. The number of rotatable bonds is 6. The predicted molar refractivity (Wildman–Crippen MR) is 129 cm³/mol. The molecule has 4 aromatic rings. The van der Waals surface area contributed by atoms with Gasteiger partial charge in [0, 0.05) is 11.1 Å². The van der Waals surface area contributed by atoms with Crippen LogP contribution < -0.4 is 9.62 Å². The first-order chi connectivity index (χ1) is 15.3. The summed E-state index contributed by atoms with van der Waals surface area (Å²) in [6.45, 7) is 3.48. The van der Waals surface area contributed by atoms with Gasteiger partial charge >= 0.3 is 0 Å². The number of nitrogens with zero attached hydrogens (tertiary/aromatic N) is 1. The molecule has 0 saturated carbocycles. The Morgan fingerprint density at radius 3 is 2.06 bits per heavy atom. The van der Waals surface area contributed by atoms with E-state index in [0.717, 1.165) is 26.2 Å². The molecule has 0 aliphatic rings. The van der Waals surface area contributed by atoms with Crippen molar-refractivity contribution in [2.24, 2.45) is 0 Å². The number of carbonyl (C=O) groups is 1. The van der Waals surface area contributed by atoms with Gasteiger partial charge in [-0.15, -0.1) is 0 Å². The second-order valence-corrected chi connectivity index (χ2v) is 9.60. The van der Waals surface area contributed by atoms with E-state index in [4.69, 9.17) is 0 Å². The lowest BCUT2D eigenvalue weighted by Gasteiger charge is -2.24. The first-order valence-electron chi connectivity index (χ1n) is 10.3. The molecule has 0 aliphatic carbocycles. The van der Waals surface area contributed by atoms with Crippen LogP contribution in [-0.2, 0) is 14.8 Å². The second-order valence-electron chi connectivity index (χ2n) is 7.74. The van der Waals surface area contributed by atoms with E-state index in [1.165, 1.54) is 0 Å². The Kier molecular flexibility index (Phi) is 5.97. The summed E-state index contributed by atoms with van der Waals surface area (Å²) in [6, 6.07) is 27.1. The van der Waals surface area contributed by atoms with Gasteiger partial charge in [0.25, 0.3) is 10.0 Å². The lowest BCUT2D eigenvalue weighted by atomic mass is 10.1. The number of anilines is 2. The molecular weight excluding hydrogens is 420 g/mol. The quantitative estimate of drug-likeness (QED) is 0.439. The van der Waals surface area contributed by atoms with Gasteiger partial charge in [0.2, 0.25) is 5.91 Å². The molecule has 0 atom stereocenters. The lowest BCUT2D eigenvalue weighted by Crippen LogP contribution is -2.38. The molecule has 0 bridgehead atoms. The summed E-state index contributed by atoms with van der Waals surface area (Å²) in [6.07, 6.45) is 0. The molecule has 0 unspecified atom stereocenters. The Hall–Kier alpha value is -3.64. The van der Waals surface area contributed by atoms with E-state index in [2.05, 4.69) is 5.32 Å². The number of amides is 1. The first-order valence-corrected chi connectivity index (χ1v) is 11.7. The van der Waals surface area contributed by atoms with Crippen LogP contribution in [0, 0.1) is 13.8 Å². The molecule has 0 spiro atoms. The van der Waals surface area contributed by atoms with Crippen LogP contribution in [0.1, 0.15) is 11.1 Å². The molecule has 5 nitrogen and oxygen atoms in total. The van der Waals surface area contributed by atoms with Gasteiger partial charge in [-0.25, -0.2) is 8.42 Å². The summed E-state index contributed by atoms with van der Waals surface area (Å²) in [5.74, 6) is -0.419. The maximum atomic E-state index is 13.5. The molecule has 0 saturated heterocycles. The third-order valence-electron chi connectivity index (χ3n) is 5.28. The summed E-state index contributed by atoms with van der Waals surface area (Å²) in [7, 11) is -3.94. The van der Waals surface area contributed by atoms with Crippen LogP contribution in [0.4, 0.5) is 11.4 Å². The van der Waals surface area contributed by atoms with Gasteiger partial charge in [0.15, 0.2) is 0 Å². The minimum Gasteiger partial charge on any atom is -0.324 e. The number of benzene rings is 4. The molecule has 162 valence electrons. The number of hydrogen-bond donors (Lipinski definition) is 1. The van der Waals surface area contributed by atoms with Crippen molar-refractivity contribution < 1.29 is 13.2 Å². The fraction of sp³-hybridized carbons (Fsp3) is 0.115. The van der Waals surface area contributed by atoms with Crippen molar-refractivity contribution in [3.63, 3.8) is 0 Å². The van der Waals surface area contributed by atoms with Crippen LogP contribution in [0.2, 0.25) is 0 Å². The van der Waals surface area contributed by atoms with E-state index in [1.54, 1.807) is 36.4 Å². The van der Waals surface area contributed by atoms with Crippen molar-refractivity contribution in [2.75, 3.05) is 16.2 Å². The molecule has 0 radical (unpaired) electrons. The van der Waals surface area contributed by atoms with Crippen LogP contribution in [0.15, 0.2) is 95.9 Å². The Labute approximate surface area is 188 Å². The van der Waals surface area contributed by atoms with Gasteiger partial charge in [0.1, 0.15) is 6.54 Å². The van der Waals surface area contributed by atoms with Gasteiger partial charge in [-0.1, -0.05) is 71.8 Å². The van der Waals surface area contributed by atoms with Crippen LogP contribution >= 0.6 is 0 Å². The predicted octanol–water partition coefficient (Wildman–Crippen LogP) is 5.29. The molecule has 4 rings (SSSR count). The van der Waals surface area contributed by atoms with Crippen LogP contribution in [0.3, 0.4) is 0 Å². The van der Waals surface area contributed by atoms with Crippen molar-refractivity contribution in [3.05, 3.63) is 102 Å². The van der Waals surface area contributed by atoms with Crippen molar-refractivity contribution in [2.45, 2.75) is 18.7 Å². The van der Waals surface area contributed by atoms with E-state index in [-0.39, 0.29) is 11.4 Å². The van der Waals surface area contributed by atoms with Gasteiger partial charge < -0.3 is 5.32 Å². The average molecular weight is 445 g/mol. The van der Waals surface area contributed by atoms with E-state index in [1.807, 2.05) is 68.4 Å². The molecule has 4 aromatic carbocycles. The Morgan fingerprint density at radius 1 is 0.781 bits per heavy atom. The molecule has 0 fully saturated rings. The molecule has 6 heteroatoms. The van der Waals surface area contributed by atoms with E-state index < -0.39 is 15.9 Å². The summed E-state index contributed by atoms with van der Waals surface area (Å²) < 4.78 is 28.1. The van der Waals surface area contributed by atoms with Gasteiger partial charge in [-0.05, 0) is 49.6 Å². The van der Waals surface area contributed by atoms with Crippen LogP contribution in [-0.4, -0.2) is 20.9 Å². The zero-order valence-electron chi connectivity index (χ0n) is 17.9. The maximum Gasteiger partial charge on any atom is 0.264 e. The fourth-order valence-electron chi connectivity index (χ4n) is 3.52. The van der Waals surface area contributed by atoms with E-state index >= 15 is 0 Å². The highest BCUT2D eigenvalue weighted by Crippen LogP contribution is 2.26. The molecule has 0 aromatic heterocycles. The highest BCUT2D eigenvalue weighted by molar-refractivity contribution is 7.92. The smallest absolute Gasteiger partial charge is 0.264 e. The first kappa shape index (κ1) is 21.6. The minimum absolute atomic E-state index is 0.140. The average Bonchev–Trinajstić information content (AvgIpc) is 2.79. The number of fused-ring (bicyclic) bond motifs is 1. The highest BCUT2D eigenvalue weighted by Gasteiger charge is 2.27. The van der Waals surface area contributed by atoms with E-state index in [0.29, 0.717) is 11.4 Å². The number of hydrogen-bond acceptors (Lipinski definition) is 3. The van der Waals surface area contributed by atoms with Gasteiger partial charge in [0.05, 0.1) is 10.6 Å². The topological polar surface area (TPSA) is 66.5 Å². The molecule has 0 aliphatic heterocycles. The van der Waals surface area contributed by atoms with Gasteiger partial charge in [-0.2, -0.15) is 0 Å². The standard InChI is InChI=1S/C26H24N2O3S/c1-19-10-14-22(15-11-19)28(32(30,31)23-16-12-20(2)13-17-23)18-26(29)27-25-9-5-7-21-6-3-4-8-24(21)25/h3-17H,18H2,1-2H3,(H,27,29). The largest absolute Gasteiger partial charge is 0.324 e. The summed E-state index contributed by atoms with van der Waals surface area (Å²) in [4.78, 5) is 13.2. The molecule has 1 N–H and O–H groups in total. The van der Waals surface area contributed by atoms with E-state index in [9.17, 15) is 13.2 Å².